The monoisotopic (exact) mass is 547 g/mol. The molecule has 2 heterocycles. The van der Waals surface area contributed by atoms with Crippen molar-refractivity contribution in [3.8, 4) is 11.5 Å². The molecule has 1 aromatic heterocycles. The predicted octanol–water partition coefficient (Wildman–Crippen LogP) is 5.32. The minimum atomic E-state index is -0.311. The van der Waals surface area contributed by atoms with Crippen molar-refractivity contribution in [2.24, 2.45) is 10.1 Å². The van der Waals surface area contributed by atoms with Crippen LogP contribution in [0.4, 0.5) is 15.9 Å². The SMILES string of the molecule is COc1cc2ncnc(Nc3ccc(OCc4cccc(F)c4)c(Cl)c3)c2cc1C=NN(C)C1=NCCN1C. The minimum Gasteiger partial charge on any atom is -0.496 e. The van der Waals surface area contributed by atoms with Gasteiger partial charge in [0.05, 0.1) is 30.4 Å². The van der Waals surface area contributed by atoms with Crippen molar-refractivity contribution in [2.45, 2.75) is 6.61 Å². The van der Waals surface area contributed by atoms with Crippen LogP contribution in [-0.2, 0) is 6.61 Å². The van der Waals surface area contributed by atoms with Gasteiger partial charge in [-0.1, -0.05) is 23.7 Å². The maximum Gasteiger partial charge on any atom is 0.217 e. The van der Waals surface area contributed by atoms with Gasteiger partial charge in [-0.3, -0.25) is 0 Å². The van der Waals surface area contributed by atoms with Crippen LogP contribution in [0.5, 0.6) is 11.5 Å². The summed E-state index contributed by atoms with van der Waals surface area (Å²) in [5.74, 6) is 2.21. The lowest BCUT2D eigenvalue weighted by molar-refractivity contribution is 0.306. The van der Waals surface area contributed by atoms with Crippen LogP contribution in [-0.4, -0.2) is 66.3 Å². The van der Waals surface area contributed by atoms with Crippen molar-refractivity contribution in [1.29, 1.82) is 0 Å². The first kappa shape index (κ1) is 26.2. The van der Waals surface area contributed by atoms with Crippen molar-refractivity contribution in [3.63, 3.8) is 0 Å². The molecule has 200 valence electrons. The Kier molecular flexibility index (Phi) is 7.74. The van der Waals surface area contributed by atoms with E-state index in [-0.39, 0.29) is 12.4 Å². The van der Waals surface area contributed by atoms with E-state index in [0.717, 1.165) is 30.0 Å². The molecule has 4 aromatic rings. The molecule has 3 aromatic carbocycles. The number of nitrogens with one attached hydrogen (secondary N) is 1. The fourth-order valence-corrected chi connectivity index (χ4v) is 4.40. The van der Waals surface area contributed by atoms with Gasteiger partial charge in [0.1, 0.15) is 36.1 Å². The molecule has 11 heteroatoms. The summed E-state index contributed by atoms with van der Waals surface area (Å²) in [6.45, 7) is 1.82. The molecule has 1 aliphatic heterocycles. The van der Waals surface area contributed by atoms with Crippen molar-refractivity contribution in [3.05, 3.63) is 82.9 Å². The summed E-state index contributed by atoms with van der Waals surface area (Å²) in [5, 5.41) is 10.8. The van der Waals surface area contributed by atoms with Gasteiger partial charge in [-0.05, 0) is 42.0 Å². The van der Waals surface area contributed by atoms with Gasteiger partial charge in [-0.15, -0.1) is 0 Å². The van der Waals surface area contributed by atoms with Gasteiger partial charge in [-0.25, -0.2) is 24.4 Å². The lowest BCUT2D eigenvalue weighted by Crippen LogP contribution is -2.34. The zero-order chi connectivity index (χ0) is 27.4. The molecule has 1 aliphatic rings. The Hall–Kier alpha value is -4.44. The number of guanidine groups is 1. The van der Waals surface area contributed by atoms with Crippen LogP contribution < -0.4 is 14.8 Å². The number of aliphatic imine (C=N–C) groups is 1. The van der Waals surface area contributed by atoms with E-state index in [1.807, 2.05) is 37.2 Å². The Balaban J connectivity index is 1.37. The quantitative estimate of drug-likeness (QED) is 0.236. The summed E-state index contributed by atoms with van der Waals surface area (Å²) in [7, 11) is 5.45. The van der Waals surface area contributed by atoms with Crippen molar-refractivity contribution < 1.29 is 13.9 Å². The van der Waals surface area contributed by atoms with Gasteiger partial charge in [0.25, 0.3) is 0 Å². The first-order chi connectivity index (χ1) is 18.9. The number of nitrogens with zero attached hydrogens (tertiary/aromatic N) is 6. The fourth-order valence-electron chi connectivity index (χ4n) is 4.17. The largest absolute Gasteiger partial charge is 0.496 e. The summed E-state index contributed by atoms with van der Waals surface area (Å²) < 4.78 is 24.8. The zero-order valence-corrected chi connectivity index (χ0v) is 22.5. The molecule has 9 nitrogen and oxygen atoms in total. The van der Waals surface area contributed by atoms with Crippen molar-refractivity contribution in [1.82, 2.24) is 19.9 Å². The third kappa shape index (κ3) is 6.01. The number of ether oxygens (including phenoxy) is 2. The molecule has 0 saturated heterocycles. The third-order valence-corrected chi connectivity index (χ3v) is 6.45. The average molecular weight is 548 g/mol. The van der Waals surface area contributed by atoms with E-state index >= 15 is 0 Å². The molecule has 0 bridgehead atoms. The molecular weight excluding hydrogens is 521 g/mol. The predicted molar refractivity (Wildman–Crippen MR) is 152 cm³/mol. The molecule has 0 atom stereocenters. The lowest BCUT2D eigenvalue weighted by atomic mass is 10.1. The highest BCUT2D eigenvalue weighted by Crippen LogP contribution is 2.32. The second kappa shape index (κ2) is 11.5. The number of methoxy groups -OCH3 is 1. The van der Waals surface area contributed by atoms with Gasteiger partial charge in [0.15, 0.2) is 0 Å². The second-order valence-electron chi connectivity index (χ2n) is 8.89. The van der Waals surface area contributed by atoms with E-state index in [1.54, 1.807) is 42.6 Å². The number of hydrogen-bond donors (Lipinski definition) is 1. The highest BCUT2D eigenvalue weighted by Gasteiger charge is 2.16. The Bertz CT molecular complexity index is 1560. The first-order valence-corrected chi connectivity index (χ1v) is 12.6. The number of fused-ring (bicyclic) bond motifs is 1. The van der Waals surface area contributed by atoms with Gasteiger partial charge in [-0.2, -0.15) is 5.10 Å². The Labute approximate surface area is 230 Å². The van der Waals surface area contributed by atoms with Gasteiger partial charge < -0.3 is 19.7 Å². The normalized spacial score (nSPS) is 13.2. The van der Waals surface area contributed by atoms with Crippen LogP contribution in [0.1, 0.15) is 11.1 Å². The van der Waals surface area contributed by atoms with E-state index < -0.39 is 0 Å². The summed E-state index contributed by atoms with van der Waals surface area (Å²) in [4.78, 5) is 15.4. The Morgan fingerprint density at radius 3 is 2.77 bits per heavy atom. The van der Waals surface area contributed by atoms with E-state index in [4.69, 9.17) is 21.1 Å². The molecule has 0 saturated carbocycles. The topological polar surface area (TPSA) is 87.5 Å². The first-order valence-electron chi connectivity index (χ1n) is 12.2. The summed E-state index contributed by atoms with van der Waals surface area (Å²) >= 11 is 6.49. The summed E-state index contributed by atoms with van der Waals surface area (Å²) in [6, 6.07) is 15.4. The molecule has 0 spiro atoms. The number of rotatable bonds is 8. The summed E-state index contributed by atoms with van der Waals surface area (Å²) in [5.41, 5.74) is 2.89. The highest BCUT2D eigenvalue weighted by atomic mass is 35.5. The molecule has 0 aliphatic carbocycles. The van der Waals surface area contributed by atoms with Crippen molar-refractivity contribution in [2.75, 3.05) is 39.6 Å². The number of aromatic nitrogens is 2. The van der Waals surface area contributed by atoms with E-state index in [1.165, 1.54) is 18.5 Å². The molecule has 39 heavy (non-hydrogen) atoms. The van der Waals surface area contributed by atoms with Crippen LogP contribution in [0.2, 0.25) is 5.02 Å². The van der Waals surface area contributed by atoms with Crippen molar-refractivity contribution >= 4 is 46.2 Å². The number of benzene rings is 3. The van der Waals surface area contributed by atoms with E-state index in [9.17, 15) is 4.39 Å². The Morgan fingerprint density at radius 1 is 1.15 bits per heavy atom. The van der Waals surface area contributed by atoms with Gasteiger partial charge >= 0.3 is 0 Å². The molecule has 0 amide bonds. The molecule has 0 fully saturated rings. The number of likely N-dealkylation sites (N-methyl/N-ethyl adjacent to an activating group) is 1. The van der Waals surface area contributed by atoms with Crippen LogP contribution >= 0.6 is 11.6 Å². The number of halogens is 2. The maximum atomic E-state index is 13.4. The smallest absolute Gasteiger partial charge is 0.217 e. The molecule has 1 N–H and O–H groups in total. The van der Waals surface area contributed by atoms with Crippen LogP contribution in [0.3, 0.4) is 0 Å². The van der Waals surface area contributed by atoms with E-state index in [2.05, 4.69) is 25.4 Å². The lowest BCUT2D eigenvalue weighted by Gasteiger charge is -2.20. The number of hydrogen-bond acceptors (Lipinski definition) is 9. The van der Waals surface area contributed by atoms with Gasteiger partial charge in [0.2, 0.25) is 5.96 Å². The van der Waals surface area contributed by atoms with E-state index in [0.29, 0.717) is 39.1 Å². The standard InChI is InChI=1S/C28H27ClFN7O2/c1-36-10-9-31-28(36)37(2)34-15-19-12-22-24(14-26(19)38-3)32-17-33-27(22)35-21-7-8-25(23(29)13-21)39-16-18-5-4-6-20(30)11-18/h4-8,11-15,17H,9-10,16H2,1-3H3,(H,32,33,35). The fraction of sp³-hybridized carbons (Fsp3) is 0.214. The maximum absolute atomic E-state index is 13.4. The highest BCUT2D eigenvalue weighted by molar-refractivity contribution is 6.32. The van der Waals surface area contributed by atoms with Crippen LogP contribution in [0.15, 0.2) is 71.0 Å². The average Bonchev–Trinajstić information content (AvgIpc) is 3.37. The second-order valence-corrected chi connectivity index (χ2v) is 9.30. The molecule has 0 unspecified atom stereocenters. The molecular formula is C28H27ClFN7O2. The molecule has 5 rings (SSSR count). The van der Waals surface area contributed by atoms with Crippen LogP contribution in [0, 0.1) is 5.82 Å². The molecule has 0 radical (unpaired) electrons. The van der Waals surface area contributed by atoms with Crippen LogP contribution in [0.25, 0.3) is 10.9 Å². The van der Waals surface area contributed by atoms with Gasteiger partial charge in [0, 0.05) is 43.3 Å². The summed E-state index contributed by atoms with van der Waals surface area (Å²) in [6.07, 6.45) is 3.21. The number of hydrazone groups is 1. The third-order valence-electron chi connectivity index (χ3n) is 6.15. The minimum absolute atomic E-state index is 0.200. The number of anilines is 2. The zero-order valence-electron chi connectivity index (χ0n) is 21.7. The Morgan fingerprint density at radius 2 is 2.03 bits per heavy atom.